The second kappa shape index (κ2) is 5.63. The number of aromatic amines is 1. The highest BCUT2D eigenvalue weighted by atomic mass is 35.5. The third-order valence-electron chi connectivity index (χ3n) is 3.38. The van der Waals surface area contributed by atoms with E-state index in [9.17, 15) is 0 Å². The highest BCUT2D eigenvalue weighted by molar-refractivity contribution is 6.30. The number of nitrogens with zero attached hydrogens (tertiary/aromatic N) is 2. The van der Waals surface area contributed by atoms with E-state index < -0.39 is 0 Å². The standard InChI is InChI=1S/C14H17ClN4/c15-12-4-2-11(3-5-12)13-10-14(18-17-13)19-8-1-6-16-7-9-19/h2-5,10,16H,1,6-9H2,(H,17,18). The number of nitrogens with one attached hydrogen (secondary N) is 2. The van der Waals surface area contributed by atoms with Crippen LogP contribution in [0, 0.1) is 0 Å². The van der Waals surface area contributed by atoms with Crippen molar-refractivity contribution in [2.45, 2.75) is 6.42 Å². The van der Waals surface area contributed by atoms with Gasteiger partial charge in [-0.3, -0.25) is 5.10 Å². The Balaban J connectivity index is 1.80. The van der Waals surface area contributed by atoms with Gasteiger partial charge in [-0.15, -0.1) is 0 Å². The van der Waals surface area contributed by atoms with Gasteiger partial charge in [0, 0.05) is 30.7 Å². The lowest BCUT2D eigenvalue weighted by Gasteiger charge is -2.18. The van der Waals surface area contributed by atoms with Crippen molar-refractivity contribution in [3.8, 4) is 11.3 Å². The van der Waals surface area contributed by atoms with Crippen molar-refractivity contribution in [2.24, 2.45) is 0 Å². The van der Waals surface area contributed by atoms with Crippen LogP contribution in [0.25, 0.3) is 11.3 Å². The zero-order valence-electron chi connectivity index (χ0n) is 10.7. The minimum absolute atomic E-state index is 0.752. The molecule has 4 nitrogen and oxygen atoms in total. The van der Waals surface area contributed by atoms with E-state index in [4.69, 9.17) is 11.6 Å². The number of benzene rings is 1. The molecule has 1 aromatic carbocycles. The zero-order chi connectivity index (χ0) is 13.1. The summed E-state index contributed by atoms with van der Waals surface area (Å²) < 4.78 is 0. The van der Waals surface area contributed by atoms with Crippen molar-refractivity contribution in [2.75, 3.05) is 31.1 Å². The normalized spacial score (nSPS) is 16.4. The second-order valence-corrected chi connectivity index (χ2v) is 5.17. The van der Waals surface area contributed by atoms with E-state index in [2.05, 4.69) is 26.5 Å². The quantitative estimate of drug-likeness (QED) is 0.886. The third-order valence-corrected chi connectivity index (χ3v) is 3.64. The van der Waals surface area contributed by atoms with Crippen molar-refractivity contribution < 1.29 is 0 Å². The minimum Gasteiger partial charge on any atom is -0.354 e. The molecule has 1 aliphatic heterocycles. The average Bonchev–Trinajstić information content (AvgIpc) is 2.76. The molecule has 0 aliphatic carbocycles. The molecule has 5 heteroatoms. The van der Waals surface area contributed by atoms with E-state index in [1.165, 1.54) is 0 Å². The van der Waals surface area contributed by atoms with Crippen LogP contribution in [-0.4, -0.2) is 36.4 Å². The van der Waals surface area contributed by atoms with Gasteiger partial charge in [-0.1, -0.05) is 23.7 Å². The van der Waals surface area contributed by atoms with Crippen LogP contribution < -0.4 is 10.2 Å². The van der Waals surface area contributed by atoms with Crippen LogP contribution in [0.3, 0.4) is 0 Å². The van der Waals surface area contributed by atoms with Gasteiger partial charge in [0.1, 0.15) is 0 Å². The van der Waals surface area contributed by atoms with E-state index in [0.29, 0.717) is 0 Å². The number of H-pyrrole nitrogens is 1. The summed E-state index contributed by atoms with van der Waals surface area (Å²) in [5.74, 6) is 1.02. The Labute approximate surface area is 117 Å². The average molecular weight is 277 g/mol. The maximum absolute atomic E-state index is 5.90. The summed E-state index contributed by atoms with van der Waals surface area (Å²) in [5, 5.41) is 11.7. The molecule has 0 radical (unpaired) electrons. The van der Waals surface area contributed by atoms with Crippen LogP contribution in [0.5, 0.6) is 0 Å². The molecule has 0 saturated carbocycles. The predicted molar refractivity (Wildman–Crippen MR) is 78.7 cm³/mol. The smallest absolute Gasteiger partial charge is 0.151 e. The molecule has 1 aromatic heterocycles. The molecule has 0 bridgehead atoms. The molecule has 0 atom stereocenters. The third kappa shape index (κ3) is 2.91. The van der Waals surface area contributed by atoms with Gasteiger partial charge >= 0.3 is 0 Å². The molecule has 1 fully saturated rings. The van der Waals surface area contributed by atoms with E-state index in [1.807, 2.05) is 24.3 Å². The maximum atomic E-state index is 5.90. The molecule has 0 amide bonds. The molecule has 1 saturated heterocycles. The van der Waals surface area contributed by atoms with Crippen LogP contribution in [0.4, 0.5) is 5.82 Å². The summed E-state index contributed by atoms with van der Waals surface area (Å²) in [5.41, 5.74) is 2.14. The Bertz CT molecular complexity index is 527. The summed E-state index contributed by atoms with van der Waals surface area (Å²) in [4.78, 5) is 2.32. The molecular formula is C14H17ClN4. The lowest BCUT2D eigenvalue weighted by molar-refractivity contribution is 0.724. The predicted octanol–water partition coefficient (Wildman–Crippen LogP) is 2.53. The number of halogens is 1. The minimum atomic E-state index is 0.752. The van der Waals surface area contributed by atoms with Gasteiger partial charge in [0.2, 0.25) is 0 Å². The van der Waals surface area contributed by atoms with Crippen LogP contribution in [0.1, 0.15) is 6.42 Å². The van der Waals surface area contributed by atoms with Gasteiger partial charge < -0.3 is 10.2 Å². The molecule has 0 spiro atoms. The first-order valence-corrected chi connectivity index (χ1v) is 6.98. The first-order chi connectivity index (χ1) is 9.33. The lowest BCUT2D eigenvalue weighted by atomic mass is 10.1. The second-order valence-electron chi connectivity index (χ2n) is 4.74. The Hall–Kier alpha value is -1.52. The molecular weight excluding hydrogens is 260 g/mol. The Morgan fingerprint density at radius 3 is 2.79 bits per heavy atom. The highest BCUT2D eigenvalue weighted by Crippen LogP contribution is 2.23. The molecule has 2 heterocycles. The molecule has 2 N–H and O–H groups in total. The summed E-state index contributed by atoms with van der Waals surface area (Å²) in [6.07, 6.45) is 1.16. The lowest BCUT2D eigenvalue weighted by Crippen LogP contribution is -2.28. The van der Waals surface area contributed by atoms with Crippen molar-refractivity contribution >= 4 is 17.4 Å². The Morgan fingerprint density at radius 1 is 1.11 bits per heavy atom. The van der Waals surface area contributed by atoms with E-state index >= 15 is 0 Å². The number of aromatic nitrogens is 2. The maximum Gasteiger partial charge on any atom is 0.151 e. The first kappa shape index (κ1) is 12.5. The van der Waals surface area contributed by atoms with Gasteiger partial charge in [0.15, 0.2) is 5.82 Å². The topological polar surface area (TPSA) is 44.0 Å². The number of hydrogen-bond acceptors (Lipinski definition) is 3. The van der Waals surface area contributed by atoms with Gasteiger partial charge in [0.05, 0.1) is 5.69 Å². The highest BCUT2D eigenvalue weighted by Gasteiger charge is 2.13. The summed E-state index contributed by atoms with van der Waals surface area (Å²) in [6, 6.07) is 9.91. The van der Waals surface area contributed by atoms with Crippen LogP contribution >= 0.6 is 11.6 Å². The number of hydrogen-bond donors (Lipinski definition) is 2. The van der Waals surface area contributed by atoms with E-state index in [-0.39, 0.29) is 0 Å². The van der Waals surface area contributed by atoms with E-state index in [1.54, 1.807) is 0 Å². The van der Waals surface area contributed by atoms with Gasteiger partial charge in [-0.25, -0.2) is 0 Å². The summed E-state index contributed by atoms with van der Waals surface area (Å²) in [6.45, 7) is 4.16. The van der Waals surface area contributed by atoms with Crippen molar-refractivity contribution in [3.05, 3.63) is 35.4 Å². The SMILES string of the molecule is Clc1ccc(-c2cc(N3CCCNCC3)n[nH]2)cc1. The molecule has 2 aromatic rings. The van der Waals surface area contributed by atoms with Crippen LogP contribution in [0.15, 0.2) is 30.3 Å². The number of anilines is 1. The molecule has 100 valence electrons. The molecule has 0 unspecified atom stereocenters. The Kier molecular flexibility index (Phi) is 3.71. The zero-order valence-corrected chi connectivity index (χ0v) is 11.5. The van der Waals surface area contributed by atoms with Crippen molar-refractivity contribution in [1.29, 1.82) is 0 Å². The fourth-order valence-electron chi connectivity index (χ4n) is 2.33. The van der Waals surface area contributed by atoms with Gasteiger partial charge in [-0.2, -0.15) is 5.10 Å². The van der Waals surface area contributed by atoms with Crippen molar-refractivity contribution in [1.82, 2.24) is 15.5 Å². The Morgan fingerprint density at radius 2 is 1.95 bits per heavy atom. The van der Waals surface area contributed by atoms with Gasteiger partial charge in [-0.05, 0) is 30.7 Å². The fourth-order valence-corrected chi connectivity index (χ4v) is 2.45. The van der Waals surface area contributed by atoms with Crippen molar-refractivity contribution in [3.63, 3.8) is 0 Å². The largest absolute Gasteiger partial charge is 0.354 e. The first-order valence-electron chi connectivity index (χ1n) is 6.60. The van der Waals surface area contributed by atoms with Gasteiger partial charge in [0.25, 0.3) is 0 Å². The molecule has 1 aliphatic rings. The number of rotatable bonds is 2. The fraction of sp³-hybridized carbons (Fsp3) is 0.357. The monoisotopic (exact) mass is 276 g/mol. The summed E-state index contributed by atoms with van der Waals surface area (Å²) in [7, 11) is 0. The van der Waals surface area contributed by atoms with Crippen LogP contribution in [-0.2, 0) is 0 Å². The van der Waals surface area contributed by atoms with Crippen LogP contribution in [0.2, 0.25) is 5.02 Å². The molecule has 19 heavy (non-hydrogen) atoms. The van der Waals surface area contributed by atoms with E-state index in [0.717, 1.165) is 54.7 Å². The summed E-state index contributed by atoms with van der Waals surface area (Å²) >= 11 is 5.90. The molecule has 3 rings (SSSR count).